The molecule has 1 heterocycles. The molecule has 1 aliphatic rings. The molecule has 1 unspecified atom stereocenters. The minimum Gasteiger partial charge on any atom is -0.371 e. The van der Waals surface area contributed by atoms with Crippen molar-refractivity contribution in [2.45, 2.75) is 37.1 Å². The first-order valence-corrected chi connectivity index (χ1v) is 11.9. The standard InChI is InChI=1S/C22H28ClN3O3S/c1-16(18-9-5-6-10-20(18)23)24-22(27)19-15-17(30(28,29)25(2)3)11-12-21(19)26-13-7-4-8-14-26/h5-6,9-12,15-16H,4,7-8,13-14H2,1-3H3,(H,24,27). The van der Waals surface area contributed by atoms with Crippen LogP contribution in [-0.4, -0.2) is 45.8 Å². The van der Waals surface area contributed by atoms with Crippen molar-refractivity contribution in [1.82, 2.24) is 9.62 Å². The molecular formula is C22H28ClN3O3S. The van der Waals surface area contributed by atoms with E-state index in [0.29, 0.717) is 10.6 Å². The summed E-state index contributed by atoms with van der Waals surface area (Å²) in [6, 6.07) is 11.8. The fourth-order valence-electron chi connectivity index (χ4n) is 3.66. The molecule has 162 valence electrons. The van der Waals surface area contributed by atoms with Gasteiger partial charge in [-0.05, 0) is 56.0 Å². The molecule has 1 amide bonds. The Bertz CT molecular complexity index is 1020. The third-order valence-electron chi connectivity index (χ3n) is 5.41. The number of hydrogen-bond acceptors (Lipinski definition) is 4. The number of amides is 1. The number of sulfonamides is 1. The molecule has 2 aromatic rings. The molecule has 3 rings (SSSR count). The molecular weight excluding hydrogens is 422 g/mol. The molecule has 1 fully saturated rings. The normalized spacial score (nSPS) is 15.8. The summed E-state index contributed by atoms with van der Waals surface area (Å²) >= 11 is 6.28. The molecule has 0 aliphatic carbocycles. The van der Waals surface area contributed by atoms with Gasteiger partial charge in [0.2, 0.25) is 10.0 Å². The molecule has 0 bridgehead atoms. The Balaban J connectivity index is 1.98. The average molecular weight is 450 g/mol. The SMILES string of the molecule is CC(NC(=O)c1cc(S(=O)(=O)N(C)C)ccc1N1CCCCC1)c1ccccc1Cl. The van der Waals surface area contributed by atoms with Crippen molar-refractivity contribution in [2.24, 2.45) is 0 Å². The molecule has 0 radical (unpaired) electrons. The summed E-state index contributed by atoms with van der Waals surface area (Å²) in [4.78, 5) is 15.5. The highest BCUT2D eigenvalue weighted by Crippen LogP contribution is 2.29. The highest BCUT2D eigenvalue weighted by Gasteiger charge is 2.25. The van der Waals surface area contributed by atoms with Crippen molar-refractivity contribution in [3.8, 4) is 0 Å². The van der Waals surface area contributed by atoms with E-state index in [9.17, 15) is 13.2 Å². The third kappa shape index (κ3) is 4.79. The van der Waals surface area contributed by atoms with E-state index in [1.165, 1.54) is 20.2 Å². The number of carbonyl (C=O) groups excluding carboxylic acids is 1. The van der Waals surface area contributed by atoms with E-state index in [1.54, 1.807) is 18.2 Å². The van der Waals surface area contributed by atoms with E-state index in [1.807, 2.05) is 25.1 Å². The Morgan fingerprint density at radius 2 is 1.77 bits per heavy atom. The van der Waals surface area contributed by atoms with Crippen LogP contribution in [0.4, 0.5) is 5.69 Å². The summed E-state index contributed by atoms with van der Waals surface area (Å²) in [6.45, 7) is 3.56. The van der Waals surface area contributed by atoms with Crippen LogP contribution >= 0.6 is 11.6 Å². The van der Waals surface area contributed by atoms with Crippen LogP contribution in [0.1, 0.15) is 48.1 Å². The predicted molar refractivity (Wildman–Crippen MR) is 121 cm³/mol. The van der Waals surface area contributed by atoms with Crippen molar-refractivity contribution in [1.29, 1.82) is 0 Å². The second-order valence-electron chi connectivity index (χ2n) is 7.73. The maximum Gasteiger partial charge on any atom is 0.253 e. The van der Waals surface area contributed by atoms with E-state index >= 15 is 0 Å². The second kappa shape index (κ2) is 9.37. The number of halogens is 1. The van der Waals surface area contributed by atoms with Crippen molar-refractivity contribution >= 4 is 33.2 Å². The van der Waals surface area contributed by atoms with E-state index in [0.717, 1.165) is 47.9 Å². The molecule has 0 aromatic heterocycles. The molecule has 0 saturated carbocycles. The minimum absolute atomic E-state index is 0.101. The lowest BCUT2D eigenvalue weighted by molar-refractivity contribution is 0.0940. The fraction of sp³-hybridized carbons (Fsp3) is 0.409. The Labute approximate surface area is 183 Å². The van der Waals surface area contributed by atoms with Crippen molar-refractivity contribution in [3.05, 3.63) is 58.6 Å². The van der Waals surface area contributed by atoms with Gasteiger partial charge in [-0.3, -0.25) is 4.79 Å². The first-order valence-electron chi connectivity index (χ1n) is 10.1. The quantitative estimate of drug-likeness (QED) is 0.721. The van der Waals surface area contributed by atoms with Crippen LogP contribution in [0.3, 0.4) is 0 Å². The highest BCUT2D eigenvalue weighted by atomic mass is 35.5. The number of nitrogens with zero attached hydrogens (tertiary/aromatic N) is 2. The third-order valence-corrected chi connectivity index (χ3v) is 7.56. The van der Waals surface area contributed by atoms with Crippen LogP contribution in [0.5, 0.6) is 0 Å². The van der Waals surface area contributed by atoms with Crippen molar-refractivity contribution in [2.75, 3.05) is 32.1 Å². The predicted octanol–water partition coefficient (Wildman–Crippen LogP) is 4.07. The molecule has 1 aliphatic heterocycles. The van der Waals surface area contributed by atoms with Gasteiger partial charge in [-0.15, -0.1) is 0 Å². The van der Waals surface area contributed by atoms with Crippen LogP contribution in [0.15, 0.2) is 47.4 Å². The zero-order valence-corrected chi connectivity index (χ0v) is 19.1. The first-order chi connectivity index (χ1) is 14.2. The van der Waals surface area contributed by atoms with E-state index in [-0.39, 0.29) is 16.8 Å². The topological polar surface area (TPSA) is 69.7 Å². The van der Waals surface area contributed by atoms with Crippen LogP contribution in [-0.2, 0) is 10.0 Å². The van der Waals surface area contributed by atoms with Crippen LogP contribution in [0, 0.1) is 0 Å². The van der Waals surface area contributed by atoms with Gasteiger partial charge in [-0.2, -0.15) is 0 Å². The summed E-state index contributed by atoms with van der Waals surface area (Å²) in [5, 5.41) is 3.56. The summed E-state index contributed by atoms with van der Waals surface area (Å²) in [5.41, 5.74) is 1.93. The number of benzene rings is 2. The number of anilines is 1. The van der Waals surface area contributed by atoms with Crippen LogP contribution in [0.25, 0.3) is 0 Å². The number of piperidine rings is 1. The van der Waals surface area contributed by atoms with Gasteiger partial charge in [-0.25, -0.2) is 12.7 Å². The van der Waals surface area contributed by atoms with Gasteiger partial charge in [0, 0.05) is 37.9 Å². The van der Waals surface area contributed by atoms with E-state index < -0.39 is 10.0 Å². The molecule has 8 heteroatoms. The molecule has 2 aromatic carbocycles. The van der Waals surface area contributed by atoms with Gasteiger partial charge in [0.1, 0.15) is 0 Å². The number of carbonyl (C=O) groups is 1. The summed E-state index contributed by atoms with van der Waals surface area (Å²) in [6.07, 6.45) is 3.26. The maximum atomic E-state index is 13.3. The first kappa shape index (κ1) is 22.6. The van der Waals surface area contributed by atoms with Gasteiger partial charge in [0.15, 0.2) is 0 Å². The lowest BCUT2D eigenvalue weighted by atomic mass is 10.0. The Kier molecular flexibility index (Phi) is 7.06. The average Bonchev–Trinajstić information content (AvgIpc) is 2.74. The lowest BCUT2D eigenvalue weighted by Crippen LogP contribution is -2.34. The highest BCUT2D eigenvalue weighted by molar-refractivity contribution is 7.89. The second-order valence-corrected chi connectivity index (χ2v) is 10.3. The molecule has 1 N–H and O–H groups in total. The number of nitrogens with one attached hydrogen (secondary N) is 1. The Morgan fingerprint density at radius 3 is 2.40 bits per heavy atom. The number of hydrogen-bond donors (Lipinski definition) is 1. The van der Waals surface area contributed by atoms with Gasteiger partial charge < -0.3 is 10.2 Å². The van der Waals surface area contributed by atoms with Gasteiger partial charge >= 0.3 is 0 Å². The molecule has 6 nitrogen and oxygen atoms in total. The molecule has 0 spiro atoms. The van der Waals surface area contributed by atoms with E-state index in [4.69, 9.17) is 11.6 Å². The summed E-state index contributed by atoms with van der Waals surface area (Å²) in [5.74, 6) is -0.321. The van der Waals surface area contributed by atoms with Gasteiger partial charge in [0.05, 0.1) is 16.5 Å². The Hall–Kier alpha value is -2.09. The molecule has 1 saturated heterocycles. The van der Waals surface area contributed by atoms with Crippen LogP contribution in [0.2, 0.25) is 5.02 Å². The van der Waals surface area contributed by atoms with Gasteiger partial charge in [0.25, 0.3) is 5.91 Å². The molecule has 30 heavy (non-hydrogen) atoms. The maximum absolute atomic E-state index is 13.3. The zero-order valence-electron chi connectivity index (χ0n) is 17.6. The van der Waals surface area contributed by atoms with E-state index in [2.05, 4.69) is 10.2 Å². The smallest absolute Gasteiger partial charge is 0.253 e. The summed E-state index contributed by atoms with van der Waals surface area (Å²) in [7, 11) is -0.696. The van der Waals surface area contributed by atoms with Crippen LogP contribution < -0.4 is 10.2 Å². The van der Waals surface area contributed by atoms with Gasteiger partial charge in [-0.1, -0.05) is 29.8 Å². The lowest BCUT2D eigenvalue weighted by Gasteiger charge is -2.31. The van der Waals surface area contributed by atoms with Crippen molar-refractivity contribution < 1.29 is 13.2 Å². The zero-order chi connectivity index (χ0) is 21.9. The monoisotopic (exact) mass is 449 g/mol. The largest absolute Gasteiger partial charge is 0.371 e. The number of rotatable bonds is 6. The minimum atomic E-state index is -3.65. The Morgan fingerprint density at radius 1 is 1.10 bits per heavy atom. The molecule has 1 atom stereocenters. The fourth-order valence-corrected chi connectivity index (χ4v) is 4.89. The summed E-state index contributed by atoms with van der Waals surface area (Å²) < 4.78 is 26.4. The van der Waals surface area contributed by atoms with Crippen molar-refractivity contribution in [3.63, 3.8) is 0 Å².